The largest absolute Gasteiger partial charge is 0.412 e. The third-order valence-corrected chi connectivity index (χ3v) is 5.44. The molecule has 5 heterocycles. The molecule has 0 saturated carbocycles. The number of carbonyl (C=O) groups is 1. The van der Waals surface area contributed by atoms with Gasteiger partial charge in [0.15, 0.2) is 0 Å². The predicted molar refractivity (Wildman–Crippen MR) is 107 cm³/mol. The Morgan fingerprint density at radius 2 is 2.29 bits per heavy atom. The highest BCUT2D eigenvalue weighted by Crippen LogP contribution is 2.31. The smallest absolute Gasteiger partial charge is 0.309 e. The quantitative estimate of drug-likeness (QED) is 0.556. The van der Waals surface area contributed by atoms with Gasteiger partial charge in [0.05, 0.1) is 23.9 Å². The number of hydrogen-bond acceptors (Lipinski definition) is 10. The van der Waals surface area contributed by atoms with E-state index in [1.54, 1.807) is 23.1 Å². The van der Waals surface area contributed by atoms with E-state index in [4.69, 9.17) is 4.42 Å². The fourth-order valence-electron chi connectivity index (χ4n) is 3.75. The molecule has 2 N–H and O–H groups in total. The normalized spacial score (nSPS) is 20.3. The molecule has 31 heavy (non-hydrogen) atoms. The van der Waals surface area contributed by atoms with Crippen LogP contribution in [-0.4, -0.2) is 67.8 Å². The standard InChI is InChI=1S/C19H20N10O2/c20-8-12-6-15(16(22-9-12)28-3-1-4-28)18-25-26-19(31-18)17(30)24-13-7-14(21-10-13)11-29-5-2-23-27-29/h2,5-6,9,13-14,21H,1,3-4,7,10-11H2,(H,24,30)/t13-,14+/m1/s1. The van der Waals surface area contributed by atoms with Crippen molar-refractivity contribution >= 4 is 11.7 Å². The molecule has 1 amide bonds. The number of pyridine rings is 1. The number of aromatic nitrogens is 6. The first-order chi connectivity index (χ1) is 15.2. The lowest BCUT2D eigenvalue weighted by Crippen LogP contribution is -2.38. The number of carbonyl (C=O) groups excluding carboxylic acids is 1. The number of nitrogens with one attached hydrogen (secondary N) is 2. The van der Waals surface area contributed by atoms with Crippen molar-refractivity contribution in [2.75, 3.05) is 24.5 Å². The fourth-order valence-corrected chi connectivity index (χ4v) is 3.75. The summed E-state index contributed by atoms with van der Waals surface area (Å²) >= 11 is 0. The number of nitrogens with zero attached hydrogens (tertiary/aromatic N) is 8. The van der Waals surface area contributed by atoms with Crippen molar-refractivity contribution in [1.29, 1.82) is 5.26 Å². The van der Waals surface area contributed by atoms with Crippen LogP contribution in [0.5, 0.6) is 0 Å². The first-order valence-electron chi connectivity index (χ1n) is 10.1. The molecule has 2 atom stereocenters. The summed E-state index contributed by atoms with van der Waals surface area (Å²) in [5.74, 6) is 0.301. The Hall–Kier alpha value is -3.85. The van der Waals surface area contributed by atoms with Crippen molar-refractivity contribution < 1.29 is 9.21 Å². The van der Waals surface area contributed by atoms with Crippen LogP contribution < -0.4 is 15.5 Å². The predicted octanol–water partition coefficient (Wildman–Crippen LogP) is -0.0346. The van der Waals surface area contributed by atoms with E-state index >= 15 is 0 Å². The molecule has 12 heteroatoms. The average Bonchev–Trinajstić information content (AvgIpc) is 3.49. The topological polar surface area (TPSA) is 151 Å². The van der Waals surface area contributed by atoms with Crippen LogP contribution in [0.25, 0.3) is 11.5 Å². The van der Waals surface area contributed by atoms with Crippen LogP contribution in [0, 0.1) is 11.3 Å². The van der Waals surface area contributed by atoms with Crippen LogP contribution in [0.4, 0.5) is 5.82 Å². The molecule has 0 unspecified atom stereocenters. The van der Waals surface area contributed by atoms with Crippen LogP contribution in [0.15, 0.2) is 29.1 Å². The maximum Gasteiger partial charge on any atom is 0.309 e. The second-order valence-corrected chi connectivity index (χ2v) is 7.60. The molecule has 0 spiro atoms. The molecule has 2 saturated heterocycles. The van der Waals surface area contributed by atoms with Crippen LogP contribution in [-0.2, 0) is 6.54 Å². The van der Waals surface area contributed by atoms with E-state index in [0.29, 0.717) is 30.0 Å². The van der Waals surface area contributed by atoms with Gasteiger partial charge < -0.3 is 20.0 Å². The summed E-state index contributed by atoms with van der Waals surface area (Å²) in [6.45, 7) is 3.06. The SMILES string of the molecule is N#Cc1cnc(N2CCC2)c(-c2nnc(C(=O)N[C@H]3CN[C@H](Cn4ccnn4)C3)o2)c1. The fraction of sp³-hybridized carbons (Fsp3) is 0.421. The second kappa shape index (κ2) is 8.11. The average molecular weight is 420 g/mol. The van der Waals surface area contributed by atoms with Gasteiger partial charge in [-0.25, -0.2) is 4.98 Å². The highest BCUT2D eigenvalue weighted by molar-refractivity contribution is 5.90. The number of nitriles is 1. The maximum absolute atomic E-state index is 12.6. The van der Waals surface area contributed by atoms with E-state index in [0.717, 1.165) is 25.9 Å². The van der Waals surface area contributed by atoms with Gasteiger partial charge in [-0.05, 0) is 18.9 Å². The van der Waals surface area contributed by atoms with E-state index in [-0.39, 0.29) is 23.9 Å². The second-order valence-electron chi connectivity index (χ2n) is 7.60. The van der Waals surface area contributed by atoms with Gasteiger partial charge in [0, 0.05) is 44.1 Å². The number of amides is 1. The van der Waals surface area contributed by atoms with Gasteiger partial charge >= 0.3 is 11.8 Å². The molecule has 5 rings (SSSR count). The zero-order valence-electron chi connectivity index (χ0n) is 16.6. The van der Waals surface area contributed by atoms with Gasteiger partial charge in [0.25, 0.3) is 5.89 Å². The number of anilines is 1. The highest BCUT2D eigenvalue weighted by Gasteiger charge is 2.29. The van der Waals surface area contributed by atoms with Gasteiger partial charge in [-0.1, -0.05) is 5.21 Å². The van der Waals surface area contributed by atoms with E-state index in [9.17, 15) is 10.1 Å². The lowest BCUT2D eigenvalue weighted by molar-refractivity contribution is 0.0905. The maximum atomic E-state index is 12.6. The lowest BCUT2D eigenvalue weighted by Gasteiger charge is -2.32. The summed E-state index contributed by atoms with van der Waals surface area (Å²) in [6.07, 6.45) is 6.78. The van der Waals surface area contributed by atoms with Crippen LogP contribution >= 0.6 is 0 Å². The minimum atomic E-state index is -0.429. The molecule has 0 aliphatic carbocycles. The molecule has 158 valence electrons. The Labute approximate surface area is 177 Å². The Morgan fingerprint density at radius 1 is 1.39 bits per heavy atom. The van der Waals surface area contributed by atoms with E-state index in [1.807, 2.05) is 0 Å². The molecule has 3 aromatic heterocycles. The number of hydrogen-bond donors (Lipinski definition) is 2. The summed E-state index contributed by atoms with van der Waals surface area (Å²) in [6, 6.07) is 3.85. The molecule has 0 radical (unpaired) electrons. The van der Waals surface area contributed by atoms with E-state index in [2.05, 4.69) is 47.1 Å². The van der Waals surface area contributed by atoms with Gasteiger partial charge in [-0.3, -0.25) is 9.48 Å². The van der Waals surface area contributed by atoms with Gasteiger partial charge in [0.2, 0.25) is 0 Å². The van der Waals surface area contributed by atoms with Gasteiger partial charge in [0.1, 0.15) is 11.9 Å². The zero-order chi connectivity index (χ0) is 21.2. The molecule has 2 aliphatic heterocycles. The summed E-state index contributed by atoms with van der Waals surface area (Å²) in [5, 5.41) is 31.2. The van der Waals surface area contributed by atoms with Crippen molar-refractivity contribution in [2.45, 2.75) is 31.5 Å². The van der Waals surface area contributed by atoms with Crippen LogP contribution in [0.1, 0.15) is 29.1 Å². The Balaban J connectivity index is 1.27. The minimum Gasteiger partial charge on any atom is -0.412 e. The zero-order valence-corrected chi connectivity index (χ0v) is 16.6. The van der Waals surface area contributed by atoms with Gasteiger partial charge in [-0.2, -0.15) is 5.26 Å². The van der Waals surface area contributed by atoms with Crippen molar-refractivity contribution in [2.24, 2.45) is 0 Å². The summed E-state index contributed by atoms with van der Waals surface area (Å²) < 4.78 is 7.41. The Bertz CT molecular complexity index is 1120. The molecule has 2 fully saturated rings. The molecule has 0 aromatic carbocycles. The molecular formula is C19H20N10O2. The summed E-state index contributed by atoms with van der Waals surface area (Å²) in [7, 11) is 0. The summed E-state index contributed by atoms with van der Waals surface area (Å²) in [5.41, 5.74) is 0.944. The molecule has 2 aliphatic rings. The molecule has 0 bridgehead atoms. The highest BCUT2D eigenvalue weighted by atomic mass is 16.4. The first kappa shape index (κ1) is 19.1. The first-order valence-corrected chi connectivity index (χ1v) is 10.1. The van der Waals surface area contributed by atoms with Crippen molar-refractivity contribution in [3.05, 3.63) is 36.1 Å². The number of rotatable bonds is 6. The third-order valence-electron chi connectivity index (χ3n) is 5.44. The monoisotopic (exact) mass is 420 g/mol. The Morgan fingerprint density at radius 3 is 3.03 bits per heavy atom. The Kier molecular flexibility index (Phi) is 5.01. The van der Waals surface area contributed by atoms with Crippen LogP contribution in [0.3, 0.4) is 0 Å². The minimum absolute atomic E-state index is 0.0587. The van der Waals surface area contributed by atoms with Crippen LogP contribution in [0.2, 0.25) is 0 Å². The molecule has 12 nitrogen and oxygen atoms in total. The lowest BCUT2D eigenvalue weighted by atomic mass is 10.1. The summed E-state index contributed by atoms with van der Waals surface area (Å²) in [4.78, 5) is 19.1. The molecular weight excluding hydrogens is 400 g/mol. The molecule has 3 aromatic rings. The third kappa shape index (κ3) is 3.95. The van der Waals surface area contributed by atoms with Gasteiger partial charge in [-0.15, -0.1) is 15.3 Å². The van der Waals surface area contributed by atoms with Crippen molar-refractivity contribution in [3.8, 4) is 17.5 Å². The van der Waals surface area contributed by atoms with E-state index in [1.165, 1.54) is 6.20 Å². The van der Waals surface area contributed by atoms with E-state index < -0.39 is 5.91 Å². The van der Waals surface area contributed by atoms with Crippen molar-refractivity contribution in [1.82, 2.24) is 40.8 Å². The van der Waals surface area contributed by atoms with Crippen molar-refractivity contribution in [3.63, 3.8) is 0 Å².